The van der Waals surface area contributed by atoms with Crippen LogP contribution in [0.5, 0.6) is 0 Å². The quantitative estimate of drug-likeness (QED) is 0.406. The fourth-order valence-corrected chi connectivity index (χ4v) is 2.02. The molecule has 1 rings (SSSR count). The lowest BCUT2D eigenvalue weighted by Gasteiger charge is -2.34. The predicted molar refractivity (Wildman–Crippen MR) is 57.2 cm³/mol. The molecule has 1 fully saturated rings. The predicted octanol–water partition coefficient (Wildman–Crippen LogP) is 1.97. The van der Waals surface area contributed by atoms with Crippen LogP contribution in [0.4, 0.5) is 0 Å². The highest BCUT2D eigenvalue weighted by atomic mass is 16.5. The third-order valence-corrected chi connectivity index (χ3v) is 3.07. The number of Topliss-reactive ketones (excluding diaryl/α,β-unsaturated/α-hetero) is 1. The number of cyclic esters (lactones) is 1. The molecule has 3 nitrogen and oxygen atoms in total. The Labute approximate surface area is 90.5 Å². The third kappa shape index (κ3) is 2.28. The second kappa shape index (κ2) is 4.60. The molecule has 15 heavy (non-hydrogen) atoms. The van der Waals surface area contributed by atoms with Gasteiger partial charge in [-0.1, -0.05) is 19.9 Å². The second-order valence-corrected chi connectivity index (χ2v) is 4.32. The van der Waals surface area contributed by atoms with Gasteiger partial charge >= 0.3 is 5.97 Å². The minimum atomic E-state index is -0.604. The molecule has 0 amide bonds. The van der Waals surface area contributed by atoms with Gasteiger partial charge in [0.15, 0.2) is 5.78 Å². The van der Waals surface area contributed by atoms with Crippen molar-refractivity contribution in [3.63, 3.8) is 0 Å². The van der Waals surface area contributed by atoms with Crippen LogP contribution in [-0.2, 0) is 14.3 Å². The lowest BCUT2D eigenvalue weighted by atomic mass is 9.82. The molecule has 0 aromatic heterocycles. The van der Waals surface area contributed by atoms with E-state index in [0.29, 0.717) is 0 Å². The standard InChI is InChI=1S/C12H18O3/c1-5-6-7(2)11-8(3)10(13)9(4)12(14)15-11/h5,7-9,11H,1,6H2,2-4H3/t7-,8-,9-,11-/m0/s1. The maximum Gasteiger partial charge on any atom is 0.316 e. The fraction of sp³-hybridized carbons (Fsp3) is 0.667. The van der Waals surface area contributed by atoms with Crippen molar-refractivity contribution in [1.82, 2.24) is 0 Å². The number of allylic oxidation sites excluding steroid dienone is 1. The maximum atomic E-state index is 11.7. The summed E-state index contributed by atoms with van der Waals surface area (Å²) in [5.74, 6) is -1.05. The van der Waals surface area contributed by atoms with Crippen LogP contribution in [0, 0.1) is 17.8 Å². The molecule has 1 aliphatic heterocycles. The third-order valence-electron chi connectivity index (χ3n) is 3.07. The minimum absolute atomic E-state index is 0.00726. The zero-order valence-electron chi connectivity index (χ0n) is 9.53. The molecule has 0 aromatic rings. The van der Waals surface area contributed by atoms with Gasteiger partial charge in [-0.25, -0.2) is 0 Å². The van der Waals surface area contributed by atoms with Crippen LogP contribution >= 0.6 is 0 Å². The lowest BCUT2D eigenvalue weighted by molar-refractivity contribution is -0.172. The van der Waals surface area contributed by atoms with Crippen molar-refractivity contribution in [3.8, 4) is 0 Å². The van der Waals surface area contributed by atoms with Gasteiger partial charge in [-0.2, -0.15) is 0 Å². The summed E-state index contributed by atoms with van der Waals surface area (Å²) >= 11 is 0. The van der Waals surface area contributed by atoms with E-state index in [4.69, 9.17) is 4.74 Å². The molecule has 0 spiro atoms. The first kappa shape index (κ1) is 12.0. The molecule has 0 bridgehead atoms. The van der Waals surface area contributed by atoms with Crippen LogP contribution in [0.2, 0.25) is 0 Å². The summed E-state index contributed by atoms with van der Waals surface area (Å²) in [5.41, 5.74) is 0. The summed E-state index contributed by atoms with van der Waals surface area (Å²) in [6, 6.07) is 0. The van der Waals surface area contributed by atoms with E-state index in [0.717, 1.165) is 6.42 Å². The first-order valence-electron chi connectivity index (χ1n) is 5.34. The molecule has 1 aliphatic rings. The average Bonchev–Trinajstić information content (AvgIpc) is 2.20. The number of carbonyl (C=O) groups excluding carboxylic acids is 2. The Balaban J connectivity index is 2.78. The van der Waals surface area contributed by atoms with Crippen molar-refractivity contribution in [2.75, 3.05) is 0 Å². The molecule has 0 unspecified atom stereocenters. The Morgan fingerprint density at radius 2 is 2.07 bits per heavy atom. The Morgan fingerprint density at radius 1 is 1.47 bits per heavy atom. The van der Waals surface area contributed by atoms with Gasteiger partial charge < -0.3 is 4.74 Å². The number of ketones is 1. The first-order chi connectivity index (χ1) is 6.99. The van der Waals surface area contributed by atoms with Gasteiger partial charge in [-0.15, -0.1) is 6.58 Å². The number of hydrogen-bond donors (Lipinski definition) is 0. The number of rotatable bonds is 3. The van der Waals surface area contributed by atoms with Crippen LogP contribution in [0.1, 0.15) is 27.2 Å². The summed E-state index contributed by atoms with van der Waals surface area (Å²) in [5, 5.41) is 0. The second-order valence-electron chi connectivity index (χ2n) is 4.32. The van der Waals surface area contributed by atoms with E-state index in [1.54, 1.807) is 13.0 Å². The van der Waals surface area contributed by atoms with Gasteiger partial charge in [0.1, 0.15) is 12.0 Å². The van der Waals surface area contributed by atoms with E-state index in [-0.39, 0.29) is 29.7 Å². The average molecular weight is 210 g/mol. The highest BCUT2D eigenvalue weighted by Crippen LogP contribution is 2.28. The largest absolute Gasteiger partial charge is 0.461 e. The van der Waals surface area contributed by atoms with Gasteiger partial charge in [-0.3, -0.25) is 9.59 Å². The van der Waals surface area contributed by atoms with Crippen LogP contribution in [0.15, 0.2) is 12.7 Å². The molecule has 1 saturated heterocycles. The molecule has 1 heterocycles. The van der Waals surface area contributed by atoms with E-state index < -0.39 is 5.92 Å². The maximum absolute atomic E-state index is 11.7. The zero-order valence-corrected chi connectivity index (χ0v) is 9.53. The van der Waals surface area contributed by atoms with Crippen molar-refractivity contribution in [3.05, 3.63) is 12.7 Å². The Bertz CT molecular complexity index is 283. The molecular weight excluding hydrogens is 192 g/mol. The van der Waals surface area contributed by atoms with E-state index in [2.05, 4.69) is 6.58 Å². The molecule has 0 aliphatic carbocycles. The summed E-state index contributed by atoms with van der Waals surface area (Å²) in [7, 11) is 0. The van der Waals surface area contributed by atoms with Crippen LogP contribution in [0.25, 0.3) is 0 Å². The Kier molecular flexibility index (Phi) is 3.66. The monoisotopic (exact) mass is 210 g/mol. The summed E-state index contributed by atoms with van der Waals surface area (Å²) < 4.78 is 5.29. The Morgan fingerprint density at radius 3 is 2.60 bits per heavy atom. The Hall–Kier alpha value is -1.12. The van der Waals surface area contributed by atoms with Gasteiger partial charge in [0.2, 0.25) is 0 Å². The molecular formula is C12H18O3. The van der Waals surface area contributed by atoms with Crippen molar-refractivity contribution < 1.29 is 14.3 Å². The zero-order chi connectivity index (χ0) is 11.6. The molecule has 0 N–H and O–H groups in total. The minimum Gasteiger partial charge on any atom is -0.461 e. The topological polar surface area (TPSA) is 43.4 Å². The highest BCUT2D eigenvalue weighted by Gasteiger charge is 2.41. The smallest absolute Gasteiger partial charge is 0.316 e. The van der Waals surface area contributed by atoms with Crippen LogP contribution in [-0.4, -0.2) is 17.9 Å². The van der Waals surface area contributed by atoms with E-state index in [1.165, 1.54) is 0 Å². The van der Waals surface area contributed by atoms with E-state index in [9.17, 15) is 9.59 Å². The molecule has 0 radical (unpaired) electrons. The molecule has 4 atom stereocenters. The molecule has 0 aromatic carbocycles. The van der Waals surface area contributed by atoms with Crippen molar-refractivity contribution in [2.24, 2.45) is 17.8 Å². The molecule has 84 valence electrons. The molecule has 0 saturated carbocycles. The normalized spacial score (nSPS) is 33.4. The van der Waals surface area contributed by atoms with Crippen molar-refractivity contribution >= 4 is 11.8 Å². The van der Waals surface area contributed by atoms with Gasteiger partial charge in [-0.05, 0) is 19.3 Å². The van der Waals surface area contributed by atoms with Crippen LogP contribution < -0.4 is 0 Å². The number of carbonyl (C=O) groups is 2. The SMILES string of the molecule is C=CC[C@H](C)[C@@H]1OC(=O)[C@@H](C)C(=O)[C@@H]1C. The summed E-state index contributed by atoms with van der Waals surface area (Å²) in [4.78, 5) is 23.1. The summed E-state index contributed by atoms with van der Waals surface area (Å²) in [6.45, 7) is 9.06. The fourth-order valence-electron chi connectivity index (χ4n) is 2.02. The number of ether oxygens (including phenoxy) is 1. The van der Waals surface area contributed by atoms with Gasteiger partial charge in [0.05, 0.1) is 5.92 Å². The number of hydrogen-bond acceptors (Lipinski definition) is 3. The van der Waals surface area contributed by atoms with E-state index >= 15 is 0 Å². The lowest BCUT2D eigenvalue weighted by Crippen LogP contribution is -2.46. The first-order valence-corrected chi connectivity index (χ1v) is 5.34. The van der Waals surface area contributed by atoms with E-state index in [1.807, 2.05) is 13.8 Å². The van der Waals surface area contributed by atoms with Crippen molar-refractivity contribution in [2.45, 2.75) is 33.3 Å². The van der Waals surface area contributed by atoms with Gasteiger partial charge in [0, 0.05) is 0 Å². The number of esters is 1. The van der Waals surface area contributed by atoms with Gasteiger partial charge in [0.25, 0.3) is 0 Å². The van der Waals surface area contributed by atoms with Crippen LogP contribution in [0.3, 0.4) is 0 Å². The molecule has 3 heteroatoms. The summed E-state index contributed by atoms with van der Waals surface area (Å²) in [6.07, 6.45) is 2.25. The van der Waals surface area contributed by atoms with Crippen molar-refractivity contribution in [1.29, 1.82) is 0 Å². The highest BCUT2D eigenvalue weighted by molar-refractivity contribution is 6.01.